The third kappa shape index (κ3) is 3.15. The molecule has 0 aliphatic heterocycles. The Bertz CT molecular complexity index is 872. The lowest BCUT2D eigenvalue weighted by atomic mass is 10.2. The van der Waals surface area contributed by atoms with Crippen molar-refractivity contribution in [3.8, 4) is 0 Å². The normalized spacial score (nSPS) is 11.9. The number of aromatic nitrogens is 4. The van der Waals surface area contributed by atoms with Crippen LogP contribution in [0.2, 0.25) is 0 Å². The van der Waals surface area contributed by atoms with Crippen LogP contribution in [0.4, 0.5) is 23.4 Å². The van der Waals surface area contributed by atoms with Crippen LogP contribution in [0.25, 0.3) is 10.9 Å². The van der Waals surface area contributed by atoms with E-state index in [0.29, 0.717) is 23.3 Å². The molecule has 0 spiro atoms. The molecule has 0 bridgehead atoms. The maximum atomic E-state index is 13.2. The molecule has 3 aromatic rings. The summed E-state index contributed by atoms with van der Waals surface area (Å²) in [6.45, 7) is 1.92. The maximum absolute atomic E-state index is 13.2. The van der Waals surface area contributed by atoms with Crippen molar-refractivity contribution in [2.45, 2.75) is 26.2 Å². The van der Waals surface area contributed by atoms with Crippen molar-refractivity contribution < 1.29 is 17.6 Å². The van der Waals surface area contributed by atoms with E-state index in [2.05, 4.69) is 20.4 Å². The van der Waals surface area contributed by atoms with E-state index in [1.807, 2.05) is 0 Å². The number of nitrogens with zero attached hydrogens (tertiary/aromatic N) is 4. The van der Waals surface area contributed by atoms with E-state index in [0.717, 1.165) is 0 Å². The summed E-state index contributed by atoms with van der Waals surface area (Å²) in [7, 11) is 0. The number of anilines is 1. The van der Waals surface area contributed by atoms with E-state index >= 15 is 0 Å². The molecule has 0 aliphatic carbocycles. The largest absolute Gasteiger partial charge is 0.435 e. The molecule has 3 rings (SSSR count). The summed E-state index contributed by atoms with van der Waals surface area (Å²) in [5.74, 6) is -0.117. The van der Waals surface area contributed by atoms with Crippen LogP contribution in [0, 0.1) is 5.82 Å². The second-order valence-corrected chi connectivity index (χ2v) is 5.09. The Balaban J connectivity index is 1.90. The monoisotopic (exact) mass is 339 g/mol. The summed E-state index contributed by atoms with van der Waals surface area (Å²) >= 11 is 0. The summed E-state index contributed by atoms with van der Waals surface area (Å²) < 4.78 is 53.6. The number of hydrogen-bond donors (Lipinski definition) is 1. The minimum absolute atomic E-state index is 0.0122. The van der Waals surface area contributed by atoms with Gasteiger partial charge in [-0.15, -0.1) is 0 Å². The Hall–Kier alpha value is -2.71. The molecule has 2 heterocycles. The Kier molecular flexibility index (Phi) is 4.08. The zero-order chi connectivity index (χ0) is 17.3. The summed E-state index contributed by atoms with van der Waals surface area (Å²) in [6, 6.07) is 3.96. The molecule has 0 fully saturated rings. The molecule has 0 saturated carbocycles. The number of hydrogen-bond acceptors (Lipinski definition) is 4. The van der Waals surface area contributed by atoms with Gasteiger partial charge in [-0.05, 0) is 19.1 Å². The third-order valence-corrected chi connectivity index (χ3v) is 3.47. The summed E-state index contributed by atoms with van der Waals surface area (Å²) in [4.78, 5) is 7.96. The molecule has 0 amide bonds. The number of nitrogens with one attached hydrogen (secondary N) is 1. The second-order valence-electron chi connectivity index (χ2n) is 5.09. The van der Waals surface area contributed by atoms with Crippen molar-refractivity contribution >= 4 is 16.7 Å². The minimum atomic E-state index is -4.53. The zero-order valence-corrected chi connectivity index (χ0v) is 12.6. The first-order valence-corrected chi connectivity index (χ1v) is 7.16. The van der Waals surface area contributed by atoms with Gasteiger partial charge in [0.15, 0.2) is 5.69 Å². The van der Waals surface area contributed by atoms with Crippen LogP contribution in [-0.2, 0) is 19.3 Å². The molecule has 0 atom stereocenters. The first-order valence-electron chi connectivity index (χ1n) is 7.16. The number of alkyl halides is 3. The Morgan fingerprint density at radius 1 is 1.21 bits per heavy atom. The highest BCUT2D eigenvalue weighted by Gasteiger charge is 2.36. The van der Waals surface area contributed by atoms with Gasteiger partial charge in [-0.1, -0.05) is 0 Å². The quantitative estimate of drug-likeness (QED) is 0.738. The second kappa shape index (κ2) is 6.06. The standard InChI is InChI=1S/C15H13F4N5/c1-2-24-7-9(13(23-24)15(17,18)19)6-20-14-11-4-3-10(16)5-12(11)21-8-22-14/h3-5,7-8H,2,6H2,1H3,(H,20,21,22). The van der Waals surface area contributed by atoms with Crippen LogP contribution < -0.4 is 5.32 Å². The summed E-state index contributed by atoms with van der Waals surface area (Å²) in [5.41, 5.74) is -0.549. The topological polar surface area (TPSA) is 55.6 Å². The van der Waals surface area contributed by atoms with Gasteiger partial charge in [-0.25, -0.2) is 14.4 Å². The third-order valence-electron chi connectivity index (χ3n) is 3.47. The van der Waals surface area contributed by atoms with Crippen LogP contribution in [0.3, 0.4) is 0 Å². The van der Waals surface area contributed by atoms with Gasteiger partial charge < -0.3 is 5.32 Å². The zero-order valence-electron chi connectivity index (χ0n) is 12.6. The van der Waals surface area contributed by atoms with E-state index in [9.17, 15) is 17.6 Å². The first-order chi connectivity index (χ1) is 11.4. The number of halogens is 4. The Labute approximate surface area is 134 Å². The van der Waals surface area contributed by atoms with E-state index in [-0.39, 0.29) is 12.1 Å². The van der Waals surface area contributed by atoms with E-state index in [4.69, 9.17) is 0 Å². The lowest BCUT2D eigenvalue weighted by Gasteiger charge is -2.09. The molecule has 0 radical (unpaired) electrons. The SMILES string of the molecule is CCn1cc(CNc2ncnc3cc(F)ccc23)c(C(F)(F)F)n1. The van der Waals surface area contributed by atoms with Gasteiger partial charge >= 0.3 is 6.18 Å². The van der Waals surface area contributed by atoms with Gasteiger partial charge in [0.05, 0.1) is 5.52 Å². The van der Waals surface area contributed by atoms with Crippen LogP contribution >= 0.6 is 0 Å². The molecule has 24 heavy (non-hydrogen) atoms. The predicted octanol–water partition coefficient (Wildman–Crippen LogP) is 3.62. The Morgan fingerprint density at radius 3 is 2.71 bits per heavy atom. The van der Waals surface area contributed by atoms with Gasteiger partial charge in [0.25, 0.3) is 0 Å². The summed E-state index contributed by atoms with van der Waals surface area (Å²) in [5, 5.41) is 6.93. The fraction of sp³-hybridized carbons (Fsp3) is 0.267. The van der Waals surface area contributed by atoms with Gasteiger partial charge in [0.1, 0.15) is 18.0 Å². The number of rotatable bonds is 4. The molecule has 9 heteroatoms. The molecule has 5 nitrogen and oxygen atoms in total. The molecule has 0 unspecified atom stereocenters. The van der Waals surface area contributed by atoms with E-state index in [1.54, 1.807) is 6.92 Å². The lowest BCUT2D eigenvalue weighted by Crippen LogP contribution is -2.12. The molecule has 0 saturated heterocycles. The fourth-order valence-corrected chi connectivity index (χ4v) is 2.34. The van der Waals surface area contributed by atoms with Gasteiger partial charge in [-0.3, -0.25) is 4.68 Å². The van der Waals surface area contributed by atoms with Crippen molar-refractivity contribution in [3.05, 3.63) is 47.8 Å². The highest BCUT2D eigenvalue weighted by atomic mass is 19.4. The van der Waals surface area contributed by atoms with Crippen LogP contribution in [-0.4, -0.2) is 19.7 Å². The molecule has 1 aromatic carbocycles. The highest BCUT2D eigenvalue weighted by Crippen LogP contribution is 2.31. The Morgan fingerprint density at radius 2 is 2.00 bits per heavy atom. The van der Waals surface area contributed by atoms with Gasteiger partial charge in [0.2, 0.25) is 0 Å². The molecule has 1 N–H and O–H groups in total. The molecule has 2 aromatic heterocycles. The van der Waals surface area contributed by atoms with Crippen LogP contribution in [0.15, 0.2) is 30.7 Å². The van der Waals surface area contributed by atoms with Crippen LogP contribution in [0.5, 0.6) is 0 Å². The van der Waals surface area contributed by atoms with Crippen molar-refractivity contribution in [3.63, 3.8) is 0 Å². The van der Waals surface area contributed by atoms with Crippen molar-refractivity contribution in [2.75, 3.05) is 5.32 Å². The van der Waals surface area contributed by atoms with Crippen molar-refractivity contribution in [1.82, 2.24) is 19.7 Å². The number of aryl methyl sites for hydroxylation is 1. The van der Waals surface area contributed by atoms with Crippen molar-refractivity contribution in [2.24, 2.45) is 0 Å². The highest BCUT2D eigenvalue weighted by molar-refractivity contribution is 5.88. The van der Waals surface area contributed by atoms with Crippen LogP contribution in [0.1, 0.15) is 18.2 Å². The molecule has 126 valence electrons. The lowest BCUT2D eigenvalue weighted by molar-refractivity contribution is -0.142. The molecular formula is C15H13F4N5. The maximum Gasteiger partial charge on any atom is 0.435 e. The van der Waals surface area contributed by atoms with E-state index < -0.39 is 17.7 Å². The molecule has 0 aliphatic rings. The fourth-order valence-electron chi connectivity index (χ4n) is 2.34. The smallest absolute Gasteiger partial charge is 0.365 e. The van der Waals surface area contributed by atoms with Gasteiger partial charge in [0, 0.05) is 36.3 Å². The van der Waals surface area contributed by atoms with Crippen molar-refractivity contribution in [1.29, 1.82) is 0 Å². The average Bonchev–Trinajstić information content (AvgIpc) is 2.96. The summed E-state index contributed by atoms with van der Waals surface area (Å²) in [6.07, 6.45) is -1.96. The number of benzene rings is 1. The number of fused-ring (bicyclic) bond motifs is 1. The first kappa shape index (κ1) is 16.2. The average molecular weight is 339 g/mol. The minimum Gasteiger partial charge on any atom is -0.365 e. The van der Waals surface area contributed by atoms with Gasteiger partial charge in [-0.2, -0.15) is 18.3 Å². The predicted molar refractivity (Wildman–Crippen MR) is 79.7 cm³/mol. The van der Waals surface area contributed by atoms with E-state index in [1.165, 1.54) is 35.4 Å². The molecular weight excluding hydrogens is 326 g/mol.